The highest BCUT2D eigenvalue weighted by molar-refractivity contribution is 5.97. The number of piperazine rings is 1. The lowest BCUT2D eigenvalue weighted by Crippen LogP contribution is -2.61. The summed E-state index contributed by atoms with van der Waals surface area (Å²) in [5.41, 5.74) is -4.72. The Labute approximate surface area is 578 Å². The zero-order chi connectivity index (χ0) is 73.3. The van der Waals surface area contributed by atoms with Crippen LogP contribution in [0, 0.1) is 29.5 Å². The number of esters is 1. The lowest BCUT2D eigenvalue weighted by Gasteiger charge is -2.49. The molecule has 564 valence electrons. The van der Waals surface area contributed by atoms with Crippen LogP contribution in [-0.2, 0) is 47.5 Å². The van der Waals surface area contributed by atoms with Gasteiger partial charge in [0.2, 0.25) is 12.2 Å². The molecule has 0 bridgehead atoms. The third-order valence-electron chi connectivity index (χ3n) is 20.2. The van der Waals surface area contributed by atoms with Crippen LogP contribution in [-0.4, -0.2) is 284 Å². The Hall–Kier alpha value is -4.35. The zero-order valence-corrected chi connectivity index (χ0v) is 61.3. The summed E-state index contributed by atoms with van der Waals surface area (Å²) in [7, 11) is 8.78. The van der Waals surface area contributed by atoms with Gasteiger partial charge in [0, 0.05) is 102 Å². The molecule has 1 aromatic heterocycles. The van der Waals surface area contributed by atoms with Gasteiger partial charge in [0.05, 0.1) is 96.7 Å². The van der Waals surface area contributed by atoms with E-state index in [0.717, 1.165) is 45.1 Å². The second kappa shape index (κ2) is 38.2. The number of aromatic carboxylic acids is 1. The van der Waals surface area contributed by atoms with Crippen LogP contribution in [0.15, 0.2) is 22.2 Å². The van der Waals surface area contributed by atoms with E-state index in [4.69, 9.17) is 57.7 Å². The van der Waals surface area contributed by atoms with Crippen LogP contribution in [0.1, 0.15) is 145 Å². The van der Waals surface area contributed by atoms with E-state index in [1.54, 1.807) is 60.1 Å². The molecule has 7 rings (SSSR count). The summed E-state index contributed by atoms with van der Waals surface area (Å²) in [4.78, 5) is 49.9. The van der Waals surface area contributed by atoms with E-state index >= 15 is 0 Å². The average molecular weight is 1400 g/mol. The van der Waals surface area contributed by atoms with E-state index in [2.05, 4.69) is 20.7 Å². The number of carboxylic acid groups (broad SMARTS) is 1. The number of hydrogen-bond acceptors (Lipinski definition) is 26. The standard InChI is InChI=1S/C41H76N2O15.C18H20FN3O4.C10H24N2O2/c1-15-29-41(10,49)34(45)24(4)31(42-53-21-52-17-16-50-13)22(2)19-39(8,48)36(58-38-32(44)28(43(11)12)18-23(3)54-38)25(5)33(26(6)37(47)56-29)57-30-20-40(9,51-14)35(46)27(7)55-30;1-10-9-26-17-14-11(16(23)12(18(24)25)8-22(10)14)7-13(19)15(17)21-5-3-20(2)4-6-21;1-3-9(7-13)11-5-6-12-10(4-2)8-14/h22-30,32-36,38,44-46,48-49H,15-21H2,1-14H3;7-8,10H,3-6,9H2,1-2H3,(H,24,25);9-14H,3-8H2,1-2H3/b42-31+;;/t22-,23?,24+,25+,26-,27?,28?,29-,30?,32?,33+,34-,35?,36-,38?,39-,40?,41-;10-;9-,10-/m100/s1. The molecule has 0 amide bonds. The van der Waals surface area contributed by atoms with Crippen LogP contribution >= 0.6 is 0 Å². The van der Waals surface area contributed by atoms with Crippen LogP contribution < -0.4 is 25.7 Å². The Morgan fingerprint density at radius 3 is 2.04 bits per heavy atom. The Kier molecular flexibility index (Phi) is 32.9. The maximum Gasteiger partial charge on any atom is 0.341 e. The summed E-state index contributed by atoms with van der Waals surface area (Å²) >= 11 is 0. The van der Waals surface area contributed by atoms with Gasteiger partial charge in [-0.05, 0) is 108 Å². The van der Waals surface area contributed by atoms with E-state index < -0.39 is 119 Å². The van der Waals surface area contributed by atoms with Gasteiger partial charge in [-0.1, -0.05) is 46.7 Å². The number of oxime groups is 1. The molecule has 2 aromatic rings. The highest BCUT2D eigenvalue weighted by atomic mass is 19.1. The van der Waals surface area contributed by atoms with E-state index in [1.165, 1.54) is 20.2 Å². The largest absolute Gasteiger partial charge is 0.487 e. The molecule has 0 aliphatic carbocycles. The van der Waals surface area contributed by atoms with Crippen LogP contribution in [0.4, 0.5) is 10.1 Å². The van der Waals surface area contributed by atoms with Gasteiger partial charge in [-0.15, -0.1) is 0 Å². The minimum atomic E-state index is -1.97. The summed E-state index contributed by atoms with van der Waals surface area (Å²) < 4.78 is 70.7. The number of cyclic esters (lactones) is 1. The lowest BCUT2D eigenvalue weighted by atomic mass is 9.73. The number of nitrogens with zero attached hydrogens (tertiary/aromatic N) is 5. The van der Waals surface area contributed by atoms with Gasteiger partial charge < -0.3 is 118 Å². The van der Waals surface area contributed by atoms with Crippen molar-refractivity contribution >= 4 is 34.2 Å². The van der Waals surface area contributed by atoms with Gasteiger partial charge in [0.15, 0.2) is 24.1 Å². The number of aromatic nitrogens is 1. The Morgan fingerprint density at radius 2 is 1.49 bits per heavy atom. The van der Waals surface area contributed by atoms with E-state index in [-0.39, 0.29) is 93.7 Å². The predicted octanol–water partition coefficient (Wildman–Crippen LogP) is 3.46. The third-order valence-corrected chi connectivity index (χ3v) is 20.2. The number of carbonyl (C=O) groups is 2. The number of benzene rings is 1. The number of pyridine rings is 1. The molecule has 98 heavy (non-hydrogen) atoms. The van der Waals surface area contributed by atoms with Crippen LogP contribution in [0.3, 0.4) is 0 Å². The maximum absolute atomic E-state index is 15.0. The summed E-state index contributed by atoms with van der Waals surface area (Å²) in [6, 6.07) is 1.07. The van der Waals surface area contributed by atoms with Crippen molar-refractivity contribution in [3.05, 3.63) is 33.9 Å². The Balaban J connectivity index is 0.000000350. The highest BCUT2D eigenvalue weighted by Gasteiger charge is 2.54. The predicted molar refractivity (Wildman–Crippen MR) is 366 cm³/mol. The molecular formula is C69H120FN7O21. The van der Waals surface area contributed by atoms with Crippen molar-refractivity contribution < 1.29 is 102 Å². The topological polar surface area (TPSA) is 356 Å². The number of nitrogens with one attached hydrogen (secondary N) is 2. The lowest BCUT2D eigenvalue weighted by molar-refractivity contribution is -0.317. The highest BCUT2D eigenvalue weighted by Crippen LogP contribution is 2.44. The molecule has 5 aliphatic heterocycles. The molecule has 0 radical (unpaired) electrons. The number of carboxylic acids is 1. The Morgan fingerprint density at radius 1 is 0.867 bits per heavy atom. The molecule has 4 saturated heterocycles. The van der Waals surface area contributed by atoms with Crippen LogP contribution in [0.2, 0.25) is 0 Å². The monoisotopic (exact) mass is 1400 g/mol. The number of carbonyl (C=O) groups excluding carboxylic acids is 1. The number of aliphatic hydroxyl groups is 7. The molecule has 21 atom stereocenters. The molecular weight excluding hydrogens is 1280 g/mol. The van der Waals surface area contributed by atoms with E-state index in [9.17, 15) is 49.4 Å². The Bertz CT molecular complexity index is 2860. The van der Waals surface area contributed by atoms with Crippen molar-refractivity contribution in [2.45, 2.75) is 231 Å². The van der Waals surface area contributed by atoms with Gasteiger partial charge in [0.25, 0.3) is 0 Å². The van der Waals surface area contributed by atoms with Crippen molar-refractivity contribution in [1.82, 2.24) is 25.0 Å². The SMILES string of the molecule is CC[C@@H](CO)NCCN[C@@H](CC)CO.CC[C@H]1OC(=O)[C@H](C)[C@@H](OC2CC(C)(OC)C(O)C(C)O2)[C@H](C)[C@@H](OC2OC(C)CC(N(C)C)C2O)[C@](C)(O)C[C@@H](C)/C(=N\OCOCCOC)[C@H](C)[C@@H](O)[C@]1(C)O.C[C@H]1COc2c(N3CCN(C)CC3)c(F)cc3c(=O)c(C(=O)O)cn1c23. The first-order valence-electron chi connectivity index (χ1n) is 34.8. The minimum Gasteiger partial charge on any atom is -0.487 e. The van der Waals surface area contributed by atoms with Gasteiger partial charge in [-0.2, -0.15) is 0 Å². The summed E-state index contributed by atoms with van der Waals surface area (Å²) in [6.07, 6.45) is -6.27. The smallest absolute Gasteiger partial charge is 0.341 e. The summed E-state index contributed by atoms with van der Waals surface area (Å²) in [6.45, 7) is 28.5. The number of methoxy groups -OCH3 is 2. The minimum absolute atomic E-state index is 0.0307. The van der Waals surface area contributed by atoms with Crippen LogP contribution in [0.25, 0.3) is 10.9 Å². The first-order valence-corrected chi connectivity index (χ1v) is 34.8. The van der Waals surface area contributed by atoms with Gasteiger partial charge in [0.1, 0.15) is 41.8 Å². The van der Waals surface area contributed by atoms with Crippen molar-refractivity contribution in [3.63, 3.8) is 0 Å². The third kappa shape index (κ3) is 21.2. The fourth-order valence-electron chi connectivity index (χ4n) is 13.9. The van der Waals surface area contributed by atoms with E-state index in [1.807, 2.05) is 65.6 Å². The molecule has 1 aromatic carbocycles. The molecule has 0 saturated carbocycles. The molecule has 10 N–H and O–H groups in total. The number of anilines is 1. The zero-order valence-electron chi connectivity index (χ0n) is 61.3. The number of rotatable bonds is 24. The maximum atomic E-state index is 15.0. The van der Waals surface area contributed by atoms with E-state index in [0.29, 0.717) is 48.8 Å². The number of likely N-dealkylation sites (N-methyl/N-ethyl adjacent to an activating group) is 2. The van der Waals surface area contributed by atoms with Gasteiger partial charge in [-0.3, -0.25) is 9.59 Å². The molecule has 8 unspecified atom stereocenters. The number of aliphatic hydroxyl groups excluding tert-OH is 5. The quantitative estimate of drug-likeness (QED) is 0.0311. The van der Waals surface area contributed by atoms with Crippen molar-refractivity contribution in [2.24, 2.45) is 28.8 Å². The molecule has 28 nitrogen and oxygen atoms in total. The fourth-order valence-corrected chi connectivity index (χ4v) is 13.9. The number of ether oxygens (including phenoxy) is 9. The fraction of sp³-hybridized carbons (Fsp3) is 0.826. The van der Waals surface area contributed by atoms with Crippen molar-refractivity contribution in [2.75, 3.05) is 119 Å². The summed E-state index contributed by atoms with van der Waals surface area (Å²) in [5, 5.41) is 97.2. The first kappa shape index (κ1) is 84.3. The van der Waals surface area contributed by atoms with Crippen molar-refractivity contribution in [3.8, 4) is 5.75 Å². The normalized spacial score (nSPS) is 34.7. The molecule has 6 heterocycles. The molecule has 29 heteroatoms. The molecule has 5 aliphatic rings. The second-order valence-electron chi connectivity index (χ2n) is 28.2. The summed E-state index contributed by atoms with van der Waals surface area (Å²) in [5.74, 6) is -5.68. The average Bonchev–Trinajstić information content (AvgIpc) is 0.731. The second-order valence-corrected chi connectivity index (χ2v) is 28.2. The van der Waals surface area contributed by atoms with Crippen molar-refractivity contribution in [1.29, 1.82) is 0 Å². The van der Waals surface area contributed by atoms with Crippen LogP contribution in [0.5, 0.6) is 5.75 Å². The van der Waals surface area contributed by atoms with Gasteiger partial charge >= 0.3 is 11.9 Å². The van der Waals surface area contributed by atoms with Gasteiger partial charge in [-0.25, -0.2) is 9.18 Å². The first-order chi connectivity index (χ1) is 46.1. The molecule has 0 spiro atoms. The number of hydrogen-bond donors (Lipinski definition) is 10. The molecule has 4 fully saturated rings. The number of halogens is 1.